The highest BCUT2D eigenvalue weighted by molar-refractivity contribution is 14.0. The van der Waals surface area contributed by atoms with Crippen molar-refractivity contribution < 1.29 is 32.2 Å². The van der Waals surface area contributed by atoms with E-state index in [2.05, 4.69) is 20.9 Å². The average Bonchev–Trinajstić information content (AvgIpc) is 2.66. The summed E-state index contributed by atoms with van der Waals surface area (Å²) in [4.78, 5) is 15.7. The normalized spacial score (nSPS) is 11.8. The Bertz CT molecular complexity index is 741. The van der Waals surface area contributed by atoms with Crippen LogP contribution in [0.25, 0.3) is 0 Å². The van der Waals surface area contributed by atoms with Crippen LogP contribution in [0, 0.1) is 0 Å². The van der Waals surface area contributed by atoms with Gasteiger partial charge in [0.25, 0.3) is 0 Å². The number of hydrogen-bond acceptors (Lipinski definition) is 5. The highest BCUT2D eigenvalue weighted by Gasteiger charge is 2.29. The van der Waals surface area contributed by atoms with Gasteiger partial charge in [-0.15, -0.1) is 24.0 Å². The Hall–Kier alpha value is -2.12. The first kappa shape index (κ1) is 29.9. The van der Waals surface area contributed by atoms with E-state index >= 15 is 0 Å². The second-order valence-electron chi connectivity index (χ2n) is 7.52. The lowest BCUT2D eigenvalue weighted by Gasteiger charge is -2.19. The van der Waals surface area contributed by atoms with Gasteiger partial charge in [-0.05, 0) is 44.9 Å². The van der Waals surface area contributed by atoms with Crippen molar-refractivity contribution in [2.45, 2.75) is 45.5 Å². The van der Waals surface area contributed by atoms with Crippen molar-refractivity contribution in [2.24, 2.45) is 4.99 Å². The second-order valence-corrected chi connectivity index (χ2v) is 7.52. The molecule has 0 unspecified atom stereocenters. The molecule has 1 rings (SSSR count). The summed E-state index contributed by atoms with van der Waals surface area (Å²) in [6, 6.07) is 4.66. The number of rotatable bonds is 9. The molecule has 1 amide bonds. The van der Waals surface area contributed by atoms with Crippen LogP contribution in [0.4, 0.5) is 18.0 Å². The Labute approximate surface area is 203 Å². The molecule has 0 radical (unpaired) electrons. The van der Waals surface area contributed by atoms with Crippen molar-refractivity contribution in [3.63, 3.8) is 0 Å². The number of methoxy groups -OCH3 is 1. The zero-order valence-corrected chi connectivity index (χ0v) is 21.2. The zero-order valence-electron chi connectivity index (χ0n) is 18.9. The number of hydrogen-bond donors (Lipinski definition) is 3. The molecule has 0 spiro atoms. The van der Waals surface area contributed by atoms with E-state index in [1.807, 2.05) is 0 Å². The number of nitrogens with one attached hydrogen (secondary N) is 3. The molecule has 0 heterocycles. The number of halogens is 4. The van der Waals surface area contributed by atoms with Crippen molar-refractivity contribution in [3.8, 4) is 11.5 Å². The minimum Gasteiger partial charge on any atom is -0.493 e. The van der Waals surface area contributed by atoms with E-state index in [-0.39, 0.29) is 35.5 Å². The summed E-state index contributed by atoms with van der Waals surface area (Å²) >= 11 is 0. The van der Waals surface area contributed by atoms with Crippen LogP contribution in [0.2, 0.25) is 0 Å². The Kier molecular flexibility index (Phi) is 13.2. The van der Waals surface area contributed by atoms with Gasteiger partial charge in [-0.2, -0.15) is 13.2 Å². The number of benzene rings is 1. The van der Waals surface area contributed by atoms with E-state index in [1.54, 1.807) is 40.0 Å². The third-order valence-electron chi connectivity index (χ3n) is 3.62. The maximum absolute atomic E-state index is 12.3. The van der Waals surface area contributed by atoms with Gasteiger partial charge >= 0.3 is 12.3 Å². The third-order valence-corrected chi connectivity index (χ3v) is 3.62. The van der Waals surface area contributed by atoms with Crippen LogP contribution in [0.3, 0.4) is 0 Å². The van der Waals surface area contributed by atoms with Crippen LogP contribution in [-0.4, -0.2) is 57.7 Å². The van der Waals surface area contributed by atoms with Gasteiger partial charge in [0.15, 0.2) is 24.1 Å². The van der Waals surface area contributed by atoms with Crippen molar-refractivity contribution in [1.82, 2.24) is 16.0 Å². The molecule has 32 heavy (non-hydrogen) atoms. The molecule has 0 bridgehead atoms. The Morgan fingerprint density at radius 3 is 2.28 bits per heavy atom. The largest absolute Gasteiger partial charge is 0.493 e. The van der Waals surface area contributed by atoms with E-state index in [4.69, 9.17) is 14.2 Å². The van der Waals surface area contributed by atoms with Crippen molar-refractivity contribution in [3.05, 3.63) is 23.8 Å². The fourth-order valence-corrected chi connectivity index (χ4v) is 2.31. The number of carbonyl (C=O) groups is 1. The third kappa shape index (κ3) is 13.3. The zero-order chi connectivity index (χ0) is 23.5. The summed E-state index contributed by atoms with van der Waals surface area (Å²) in [5.41, 5.74) is 0.227. The molecule has 3 N–H and O–H groups in total. The molecule has 0 saturated carbocycles. The van der Waals surface area contributed by atoms with Gasteiger partial charge in [0, 0.05) is 26.7 Å². The highest BCUT2D eigenvalue weighted by Crippen LogP contribution is 2.29. The SMILES string of the molecule is CN=C(NCCCNC(=O)OC(C)(C)C)NCc1ccc(OCC(F)(F)F)c(OC)c1.I. The monoisotopic (exact) mass is 576 g/mol. The molecule has 1 aromatic carbocycles. The predicted octanol–water partition coefficient (Wildman–Crippen LogP) is 3.83. The van der Waals surface area contributed by atoms with Gasteiger partial charge in [-0.1, -0.05) is 6.07 Å². The fraction of sp³-hybridized carbons (Fsp3) is 0.600. The number of nitrogens with zero attached hydrogens (tertiary/aromatic N) is 1. The molecule has 0 aliphatic rings. The lowest BCUT2D eigenvalue weighted by Crippen LogP contribution is -2.39. The molecule has 0 saturated heterocycles. The van der Waals surface area contributed by atoms with E-state index in [1.165, 1.54) is 13.2 Å². The topological polar surface area (TPSA) is 93.2 Å². The summed E-state index contributed by atoms with van der Waals surface area (Å²) in [5.74, 6) is 0.761. The van der Waals surface area contributed by atoms with Crippen molar-refractivity contribution in [1.29, 1.82) is 0 Å². The van der Waals surface area contributed by atoms with E-state index in [0.29, 0.717) is 32.0 Å². The molecule has 0 atom stereocenters. The predicted molar refractivity (Wildman–Crippen MR) is 127 cm³/mol. The molecule has 0 aromatic heterocycles. The minimum absolute atomic E-state index is 0. The quantitative estimate of drug-likeness (QED) is 0.179. The summed E-state index contributed by atoms with van der Waals surface area (Å²) in [6.45, 7) is 5.36. The van der Waals surface area contributed by atoms with Gasteiger partial charge < -0.3 is 30.2 Å². The molecule has 184 valence electrons. The second kappa shape index (κ2) is 14.1. The molecule has 8 nitrogen and oxygen atoms in total. The summed E-state index contributed by atoms with van der Waals surface area (Å²) < 4.78 is 52.0. The molecule has 1 aromatic rings. The van der Waals surface area contributed by atoms with Gasteiger partial charge in [0.1, 0.15) is 5.60 Å². The first-order valence-electron chi connectivity index (χ1n) is 9.71. The van der Waals surface area contributed by atoms with Crippen LogP contribution in [0.1, 0.15) is 32.8 Å². The maximum atomic E-state index is 12.3. The first-order chi connectivity index (χ1) is 14.4. The summed E-state index contributed by atoms with van der Waals surface area (Å²) in [5, 5.41) is 8.87. The number of carbonyl (C=O) groups excluding carboxylic acids is 1. The van der Waals surface area contributed by atoms with Crippen LogP contribution in [-0.2, 0) is 11.3 Å². The van der Waals surface area contributed by atoms with Crippen LogP contribution in [0.15, 0.2) is 23.2 Å². The number of aliphatic imine (C=N–C) groups is 1. The first-order valence-corrected chi connectivity index (χ1v) is 9.71. The van der Waals surface area contributed by atoms with E-state index < -0.39 is 24.5 Å². The van der Waals surface area contributed by atoms with Gasteiger partial charge in [0.05, 0.1) is 7.11 Å². The lowest BCUT2D eigenvalue weighted by molar-refractivity contribution is -0.153. The smallest absolute Gasteiger partial charge is 0.422 e. The summed E-state index contributed by atoms with van der Waals surface area (Å²) in [7, 11) is 2.97. The van der Waals surface area contributed by atoms with Crippen LogP contribution in [0.5, 0.6) is 11.5 Å². The Morgan fingerprint density at radius 2 is 1.72 bits per heavy atom. The number of amides is 1. The Balaban J connectivity index is 0.00000961. The number of alkyl carbamates (subject to hydrolysis) is 1. The highest BCUT2D eigenvalue weighted by atomic mass is 127. The maximum Gasteiger partial charge on any atom is 0.422 e. The van der Waals surface area contributed by atoms with E-state index in [9.17, 15) is 18.0 Å². The van der Waals surface area contributed by atoms with Gasteiger partial charge in [-0.25, -0.2) is 4.79 Å². The number of guanidine groups is 1. The lowest BCUT2D eigenvalue weighted by atomic mass is 10.2. The fourth-order valence-electron chi connectivity index (χ4n) is 2.31. The van der Waals surface area contributed by atoms with Crippen molar-refractivity contribution in [2.75, 3.05) is 33.9 Å². The molecule has 0 fully saturated rings. The van der Waals surface area contributed by atoms with Crippen LogP contribution >= 0.6 is 24.0 Å². The molecule has 0 aliphatic carbocycles. The number of ether oxygens (including phenoxy) is 3. The van der Waals surface area contributed by atoms with Gasteiger partial charge in [-0.3, -0.25) is 4.99 Å². The Morgan fingerprint density at radius 1 is 1.06 bits per heavy atom. The number of alkyl halides is 3. The molecular weight excluding hydrogens is 544 g/mol. The summed E-state index contributed by atoms with van der Waals surface area (Å²) in [6.07, 6.45) is -4.24. The molecule has 12 heteroatoms. The minimum atomic E-state index is -4.42. The van der Waals surface area contributed by atoms with E-state index in [0.717, 1.165) is 5.56 Å². The van der Waals surface area contributed by atoms with Crippen LogP contribution < -0.4 is 25.4 Å². The van der Waals surface area contributed by atoms with Crippen molar-refractivity contribution >= 4 is 36.0 Å². The van der Waals surface area contributed by atoms with Gasteiger partial charge in [0.2, 0.25) is 0 Å². The average molecular weight is 576 g/mol. The molecule has 0 aliphatic heterocycles. The molecular formula is C20H32F3IN4O4. The standard InChI is InChI=1S/C20H31F3N4O4.HI/c1-19(2,3)31-18(28)26-10-6-9-25-17(24-4)27-12-14-7-8-15(16(11-14)29-5)30-13-20(21,22)23;/h7-8,11H,6,9-10,12-13H2,1-5H3,(H,26,28)(H2,24,25,27);1H.